The second kappa shape index (κ2) is 5.94. The van der Waals surface area contributed by atoms with E-state index in [0.717, 1.165) is 33.3 Å². The lowest BCUT2D eigenvalue weighted by atomic mass is 9.95. The Hall–Kier alpha value is -3.34. The number of anilines is 1. The lowest BCUT2D eigenvalue weighted by molar-refractivity contribution is 0.619. The summed E-state index contributed by atoms with van der Waals surface area (Å²) in [5, 5.41) is 0.783. The fourth-order valence-corrected chi connectivity index (χ4v) is 2.96. The molecule has 4 nitrogen and oxygen atoms in total. The maximum Gasteiger partial charge on any atom is 0.134 e. The number of nitrogens with two attached hydrogens (primary N) is 1. The molecule has 0 bridgehead atoms. The fraction of sp³-hybridized carbons (Fsp3) is 0.0500. The van der Waals surface area contributed by atoms with E-state index in [9.17, 15) is 4.39 Å². The number of aromatic nitrogens is 3. The van der Waals surface area contributed by atoms with E-state index in [1.165, 1.54) is 12.4 Å². The number of hydrogen-bond donors (Lipinski definition) is 1. The molecule has 2 aromatic heterocycles. The third-order valence-corrected chi connectivity index (χ3v) is 4.31. The normalized spacial score (nSPS) is 11.0. The van der Waals surface area contributed by atoms with Gasteiger partial charge in [0.15, 0.2) is 0 Å². The van der Waals surface area contributed by atoms with E-state index >= 15 is 0 Å². The third-order valence-electron chi connectivity index (χ3n) is 4.31. The molecule has 5 heteroatoms. The van der Waals surface area contributed by atoms with Crippen LogP contribution < -0.4 is 5.73 Å². The van der Waals surface area contributed by atoms with Crippen molar-refractivity contribution in [3.63, 3.8) is 0 Å². The number of nitrogens with zero attached hydrogens (tertiary/aromatic N) is 3. The molecule has 2 heterocycles. The van der Waals surface area contributed by atoms with E-state index in [0.29, 0.717) is 11.4 Å². The molecular formula is C20H15FN4. The molecule has 0 fully saturated rings. The fourth-order valence-electron chi connectivity index (χ4n) is 2.96. The predicted molar refractivity (Wildman–Crippen MR) is 97.3 cm³/mol. The van der Waals surface area contributed by atoms with Gasteiger partial charge < -0.3 is 5.73 Å². The lowest BCUT2D eigenvalue weighted by Crippen LogP contribution is -1.95. The van der Waals surface area contributed by atoms with E-state index < -0.39 is 0 Å². The molecule has 2 aromatic carbocycles. The van der Waals surface area contributed by atoms with Gasteiger partial charge in [-0.3, -0.25) is 4.98 Å². The molecule has 0 spiro atoms. The summed E-state index contributed by atoms with van der Waals surface area (Å²) in [4.78, 5) is 12.8. The number of pyridine rings is 1. The molecule has 0 aliphatic carbocycles. The van der Waals surface area contributed by atoms with Gasteiger partial charge in [-0.25, -0.2) is 14.4 Å². The Morgan fingerprint density at radius 2 is 1.76 bits per heavy atom. The number of rotatable bonds is 2. The zero-order valence-corrected chi connectivity index (χ0v) is 13.6. The van der Waals surface area contributed by atoms with Crippen LogP contribution in [0, 0.1) is 12.7 Å². The Morgan fingerprint density at radius 1 is 0.920 bits per heavy atom. The van der Waals surface area contributed by atoms with Crippen LogP contribution in [0.4, 0.5) is 10.2 Å². The number of fused-ring (bicyclic) bond motifs is 1. The summed E-state index contributed by atoms with van der Waals surface area (Å²) in [6.07, 6.45) is 3.16. The van der Waals surface area contributed by atoms with E-state index in [1.807, 2.05) is 36.4 Å². The van der Waals surface area contributed by atoms with Crippen molar-refractivity contribution in [2.75, 3.05) is 5.73 Å². The van der Waals surface area contributed by atoms with Crippen molar-refractivity contribution in [1.82, 2.24) is 15.0 Å². The molecule has 0 saturated heterocycles. The van der Waals surface area contributed by atoms with Gasteiger partial charge in [0.25, 0.3) is 0 Å². The SMILES string of the molecule is Cc1c(F)cccc1-c1ncccc1-c1ccc2ncnc(N)c2c1. The number of benzene rings is 2. The molecule has 0 radical (unpaired) electrons. The first kappa shape index (κ1) is 15.2. The predicted octanol–water partition coefficient (Wildman–Crippen LogP) is 4.39. The van der Waals surface area contributed by atoms with Gasteiger partial charge in [-0.15, -0.1) is 0 Å². The number of halogens is 1. The van der Waals surface area contributed by atoms with Crippen molar-refractivity contribution in [3.8, 4) is 22.4 Å². The average molecular weight is 330 g/mol. The summed E-state index contributed by atoms with van der Waals surface area (Å²) < 4.78 is 14.0. The standard InChI is InChI=1S/C20H15FN4/c1-12-14(4-2-6-17(12)21)19-15(5-3-9-23-19)13-7-8-18-16(10-13)20(22)25-11-24-18/h2-11H,1H3,(H2,22,24,25). The van der Waals surface area contributed by atoms with Crippen LogP contribution in [0.15, 0.2) is 61.1 Å². The van der Waals surface area contributed by atoms with Crippen LogP contribution >= 0.6 is 0 Å². The Bertz CT molecular complexity index is 1090. The van der Waals surface area contributed by atoms with Gasteiger partial charge in [-0.05, 0) is 42.3 Å². The van der Waals surface area contributed by atoms with Gasteiger partial charge in [0, 0.05) is 22.7 Å². The molecule has 0 atom stereocenters. The van der Waals surface area contributed by atoms with Crippen molar-refractivity contribution >= 4 is 16.7 Å². The van der Waals surface area contributed by atoms with Crippen LogP contribution in [-0.2, 0) is 0 Å². The number of nitrogen functional groups attached to an aromatic ring is 1. The summed E-state index contributed by atoms with van der Waals surface area (Å²) in [6, 6.07) is 14.7. The van der Waals surface area contributed by atoms with Crippen molar-refractivity contribution in [1.29, 1.82) is 0 Å². The third kappa shape index (κ3) is 2.59. The van der Waals surface area contributed by atoms with E-state index in [2.05, 4.69) is 15.0 Å². The first-order valence-electron chi connectivity index (χ1n) is 7.86. The number of hydrogen-bond acceptors (Lipinski definition) is 4. The smallest absolute Gasteiger partial charge is 0.134 e. The average Bonchev–Trinajstić information content (AvgIpc) is 2.64. The highest BCUT2D eigenvalue weighted by molar-refractivity contribution is 5.93. The Balaban J connectivity index is 1.96. The Labute approximate surface area is 144 Å². The van der Waals surface area contributed by atoms with Gasteiger partial charge in [-0.2, -0.15) is 0 Å². The quantitative estimate of drug-likeness (QED) is 0.592. The van der Waals surface area contributed by atoms with Crippen molar-refractivity contribution in [2.24, 2.45) is 0 Å². The van der Waals surface area contributed by atoms with Crippen molar-refractivity contribution < 1.29 is 4.39 Å². The summed E-state index contributed by atoms with van der Waals surface area (Å²) in [7, 11) is 0. The summed E-state index contributed by atoms with van der Waals surface area (Å²) in [5.41, 5.74) is 10.7. The highest BCUT2D eigenvalue weighted by atomic mass is 19.1. The van der Waals surface area contributed by atoms with Crippen LogP contribution in [0.2, 0.25) is 0 Å². The molecular weight excluding hydrogens is 315 g/mol. The zero-order valence-electron chi connectivity index (χ0n) is 13.6. The van der Waals surface area contributed by atoms with Crippen LogP contribution in [0.5, 0.6) is 0 Å². The molecule has 4 rings (SSSR count). The van der Waals surface area contributed by atoms with E-state index in [1.54, 1.807) is 19.2 Å². The minimum absolute atomic E-state index is 0.245. The molecule has 0 aliphatic rings. The highest BCUT2D eigenvalue weighted by Crippen LogP contribution is 2.34. The molecule has 0 aliphatic heterocycles. The molecule has 2 N–H and O–H groups in total. The minimum atomic E-state index is -0.245. The van der Waals surface area contributed by atoms with Gasteiger partial charge in [0.2, 0.25) is 0 Å². The molecule has 4 aromatic rings. The van der Waals surface area contributed by atoms with Crippen LogP contribution in [-0.4, -0.2) is 15.0 Å². The van der Waals surface area contributed by atoms with Gasteiger partial charge >= 0.3 is 0 Å². The van der Waals surface area contributed by atoms with Crippen LogP contribution in [0.3, 0.4) is 0 Å². The van der Waals surface area contributed by atoms with Crippen LogP contribution in [0.25, 0.3) is 33.3 Å². The first-order chi connectivity index (χ1) is 12.1. The Kier molecular flexibility index (Phi) is 3.61. The highest BCUT2D eigenvalue weighted by Gasteiger charge is 2.13. The monoisotopic (exact) mass is 330 g/mol. The molecule has 25 heavy (non-hydrogen) atoms. The zero-order chi connectivity index (χ0) is 17.4. The summed E-state index contributed by atoms with van der Waals surface area (Å²) >= 11 is 0. The first-order valence-corrected chi connectivity index (χ1v) is 7.86. The molecule has 0 amide bonds. The summed E-state index contributed by atoms with van der Waals surface area (Å²) in [5.74, 6) is 0.185. The molecule has 122 valence electrons. The van der Waals surface area contributed by atoms with Crippen molar-refractivity contribution in [2.45, 2.75) is 6.92 Å². The summed E-state index contributed by atoms with van der Waals surface area (Å²) in [6.45, 7) is 1.76. The van der Waals surface area contributed by atoms with Crippen LogP contribution in [0.1, 0.15) is 5.56 Å². The maximum absolute atomic E-state index is 14.0. The van der Waals surface area contributed by atoms with Gasteiger partial charge in [-0.1, -0.05) is 24.3 Å². The van der Waals surface area contributed by atoms with E-state index in [-0.39, 0.29) is 5.82 Å². The van der Waals surface area contributed by atoms with Gasteiger partial charge in [0.1, 0.15) is 18.0 Å². The minimum Gasteiger partial charge on any atom is -0.383 e. The Morgan fingerprint density at radius 3 is 2.64 bits per heavy atom. The largest absolute Gasteiger partial charge is 0.383 e. The maximum atomic E-state index is 14.0. The molecule has 0 unspecified atom stereocenters. The van der Waals surface area contributed by atoms with E-state index in [4.69, 9.17) is 5.73 Å². The van der Waals surface area contributed by atoms with Gasteiger partial charge in [0.05, 0.1) is 11.2 Å². The van der Waals surface area contributed by atoms with Crippen molar-refractivity contribution in [3.05, 3.63) is 72.4 Å². The second-order valence-corrected chi connectivity index (χ2v) is 5.80. The topological polar surface area (TPSA) is 64.7 Å². The lowest BCUT2D eigenvalue weighted by Gasteiger charge is -2.12. The second-order valence-electron chi connectivity index (χ2n) is 5.80. The molecule has 0 saturated carbocycles.